The maximum atomic E-state index is 5.70. The lowest BCUT2D eigenvalue weighted by Gasteiger charge is -2.17. The van der Waals surface area contributed by atoms with Crippen LogP contribution in [0.5, 0.6) is 0 Å². The van der Waals surface area contributed by atoms with Gasteiger partial charge in [0.15, 0.2) is 5.82 Å². The third-order valence-electron chi connectivity index (χ3n) is 2.28. The van der Waals surface area contributed by atoms with E-state index in [9.17, 15) is 0 Å². The summed E-state index contributed by atoms with van der Waals surface area (Å²) in [5.74, 6) is 1.71. The summed E-state index contributed by atoms with van der Waals surface area (Å²) in [6, 6.07) is 1.92. The molecule has 1 aromatic heterocycles. The molecule has 0 saturated carbocycles. The number of hydrogen-bond donors (Lipinski definition) is 2. The molecule has 0 fully saturated rings. The summed E-state index contributed by atoms with van der Waals surface area (Å²) >= 11 is 0. The second-order valence-electron chi connectivity index (χ2n) is 3.73. The van der Waals surface area contributed by atoms with Crippen LogP contribution < -0.4 is 11.1 Å². The molecule has 6 heteroatoms. The van der Waals surface area contributed by atoms with Crippen LogP contribution >= 0.6 is 0 Å². The zero-order chi connectivity index (χ0) is 12.7. The van der Waals surface area contributed by atoms with E-state index < -0.39 is 0 Å². The molecule has 0 spiro atoms. The minimum Gasteiger partial charge on any atom is -0.384 e. The monoisotopic (exact) mass is 240 g/mol. The van der Waals surface area contributed by atoms with Crippen molar-refractivity contribution in [1.29, 1.82) is 0 Å². The predicted molar refractivity (Wildman–Crippen MR) is 66.7 cm³/mol. The van der Waals surface area contributed by atoms with Crippen molar-refractivity contribution in [2.45, 2.75) is 26.0 Å². The van der Waals surface area contributed by atoms with Crippen LogP contribution in [0.2, 0.25) is 0 Å². The molecule has 96 valence electrons. The van der Waals surface area contributed by atoms with Crippen molar-refractivity contribution in [1.82, 2.24) is 9.97 Å². The van der Waals surface area contributed by atoms with Gasteiger partial charge in [-0.1, -0.05) is 6.92 Å². The minimum atomic E-state index is 0.213. The van der Waals surface area contributed by atoms with Crippen LogP contribution in [-0.2, 0) is 16.1 Å². The van der Waals surface area contributed by atoms with E-state index in [0.717, 1.165) is 6.42 Å². The second kappa shape index (κ2) is 7.03. The summed E-state index contributed by atoms with van der Waals surface area (Å²) in [7, 11) is 3.27. The van der Waals surface area contributed by atoms with Crippen LogP contribution in [0.4, 0.5) is 11.6 Å². The SMILES string of the molecule is CCC(COC)Nc1cc(N)nc(COC)n1. The molecule has 6 nitrogen and oxygen atoms in total. The van der Waals surface area contributed by atoms with E-state index in [1.165, 1.54) is 0 Å². The lowest BCUT2D eigenvalue weighted by molar-refractivity contribution is 0.177. The highest BCUT2D eigenvalue weighted by Gasteiger charge is 2.08. The number of methoxy groups -OCH3 is 2. The van der Waals surface area contributed by atoms with Gasteiger partial charge >= 0.3 is 0 Å². The average Bonchev–Trinajstić information content (AvgIpc) is 2.28. The van der Waals surface area contributed by atoms with Gasteiger partial charge in [0.25, 0.3) is 0 Å². The average molecular weight is 240 g/mol. The number of nitrogens with two attached hydrogens (primary N) is 1. The van der Waals surface area contributed by atoms with Gasteiger partial charge in [0, 0.05) is 20.3 Å². The van der Waals surface area contributed by atoms with Gasteiger partial charge in [-0.3, -0.25) is 0 Å². The van der Waals surface area contributed by atoms with Gasteiger partial charge in [-0.05, 0) is 6.42 Å². The molecular weight excluding hydrogens is 220 g/mol. The van der Waals surface area contributed by atoms with Crippen molar-refractivity contribution in [2.24, 2.45) is 0 Å². The van der Waals surface area contributed by atoms with Crippen molar-refractivity contribution in [2.75, 3.05) is 31.9 Å². The van der Waals surface area contributed by atoms with Gasteiger partial charge in [0.2, 0.25) is 0 Å². The molecule has 1 aromatic rings. The molecule has 17 heavy (non-hydrogen) atoms. The van der Waals surface area contributed by atoms with E-state index in [2.05, 4.69) is 22.2 Å². The van der Waals surface area contributed by atoms with E-state index in [1.54, 1.807) is 20.3 Å². The molecule has 3 N–H and O–H groups in total. The molecule has 0 aliphatic rings. The first-order valence-electron chi connectivity index (χ1n) is 5.57. The molecule has 1 heterocycles. The van der Waals surface area contributed by atoms with Gasteiger partial charge < -0.3 is 20.5 Å². The van der Waals surface area contributed by atoms with Crippen molar-refractivity contribution >= 4 is 11.6 Å². The number of nitrogens with zero attached hydrogens (tertiary/aromatic N) is 2. The molecule has 1 atom stereocenters. The molecule has 0 aliphatic carbocycles. The number of nitrogen functional groups attached to an aromatic ring is 1. The number of nitrogens with one attached hydrogen (secondary N) is 1. The number of hydrogen-bond acceptors (Lipinski definition) is 6. The van der Waals surface area contributed by atoms with E-state index in [4.69, 9.17) is 15.2 Å². The van der Waals surface area contributed by atoms with Crippen LogP contribution in [0, 0.1) is 0 Å². The first kappa shape index (κ1) is 13.7. The predicted octanol–water partition coefficient (Wildman–Crippen LogP) is 1.04. The molecule has 0 bridgehead atoms. The minimum absolute atomic E-state index is 0.213. The van der Waals surface area contributed by atoms with Gasteiger partial charge in [-0.2, -0.15) is 0 Å². The number of ether oxygens (including phenoxy) is 2. The first-order chi connectivity index (χ1) is 8.19. The molecule has 0 aliphatic heterocycles. The fourth-order valence-electron chi connectivity index (χ4n) is 1.46. The third kappa shape index (κ3) is 4.54. The Labute approximate surface area is 102 Å². The van der Waals surface area contributed by atoms with Crippen LogP contribution in [0.15, 0.2) is 6.07 Å². The molecular formula is C11H20N4O2. The van der Waals surface area contributed by atoms with Crippen molar-refractivity contribution in [3.05, 3.63) is 11.9 Å². The third-order valence-corrected chi connectivity index (χ3v) is 2.28. The fraction of sp³-hybridized carbons (Fsp3) is 0.636. The highest BCUT2D eigenvalue weighted by atomic mass is 16.5. The zero-order valence-electron chi connectivity index (χ0n) is 10.6. The summed E-state index contributed by atoms with van der Waals surface area (Å²) < 4.78 is 10.1. The highest BCUT2D eigenvalue weighted by Crippen LogP contribution is 2.11. The molecule has 0 saturated heterocycles. The van der Waals surface area contributed by atoms with E-state index in [0.29, 0.717) is 30.7 Å². The van der Waals surface area contributed by atoms with E-state index in [-0.39, 0.29) is 6.04 Å². The second-order valence-corrected chi connectivity index (χ2v) is 3.73. The Morgan fingerprint density at radius 1 is 1.35 bits per heavy atom. The standard InChI is InChI=1S/C11H20N4O2/c1-4-8(6-16-2)13-10-5-9(12)14-11(15-10)7-17-3/h5,8H,4,6-7H2,1-3H3,(H3,12,13,14,15). The fourth-order valence-corrected chi connectivity index (χ4v) is 1.46. The Morgan fingerprint density at radius 3 is 2.71 bits per heavy atom. The highest BCUT2D eigenvalue weighted by molar-refractivity contribution is 5.45. The molecule has 0 amide bonds. The number of aromatic nitrogens is 2. The van der Waals surface area contributed by atoms with E-state index in [1.807, 2.05) is 0 Å². The number of anilines is 2. The zero-order valence-corrected chi connectivity index (χ0v) is 10.6. The van der Waals surface area contributed by atoms with Crippen molar-refractivity contribution < 1.29 is 9.47 Å². The Bertz CT molecular complexity index is 346. The normalized spacial score (nSPS) is 12.4. The van der Waals surface area contributed by atoms with Gasteiger partial charge in [-0.15, -0.1) is 0 Å². The molecule has 1 unspecified atom stereocenters. The summed E-state index contributed by atoms with van der Waals surface area (Å²) in [6.07, 6.45) is 0.942. The maximum Gasteiger partial charge on any atom is 0.158 e. The van der Waals surface area contributed by atoms with Crippen LogP contribution in [0.25, 0.3) is 0 Å². The Balaban J connectivity index is 2.75. The van der Waals surface area contributed by atoms with Gasteiger partial charge in [0.05, 0.1) is 12.6 Å². The Kier molecular flexibility index (Phi) is 5.65. The molecule has 0 radical (unpaired) electrons. The molecule has 0 aromatic carbocycles. The van der Waals surface area contributed by atoms with Crippen molar-refractivity contribution in [3.63, 3.8) is 0 Å². The van der Waals surface area contributed by atoms with Crippen LogP contribution in [-0.4, -0.2) is 36.8 Å². The maximum absolute atomic E-state index is 5.70. The first-order valence-corrected chi connectivity index (χ1v) is 5.57. The molecule has 1 rings (SSSR count). The van der Waals surface area contributed by atoms with Crippen LogP contribution in [0.1, 0.15) is 19.2 Å². The number of rotatable bonds is 7. The lowest BCUT2D eigenvalue weighted by atomic mass is 10.2. The van der Waals surface area contributed by atoms with Gasteiger partial charge in [-0.25, -0.2) is 9.97 Å². The Hall–Kier alpha value is -1.40. The lowest BCUT2D eigenvalue weighted by Crippen LogP contribution is -2.25. The smallest absolute Gasteiger partial charge is 0.158 e. The summed E-state index contributed by atoms with van der Waals surface area (Å²) in [6.45, 7) is 3.05. The summed E-state index contributed by atoms with van der Waals surface area (Å²) in [5.41, 5.74) is 5.70. The van der Waals surface area contributed by atoms with Crippen molar-refractivity contribution in [3.8, 4) is 0 Å². The summed E-state index contributed by atoms with van der Waals surface area (Å²) in [5, 5.41) is 3.26. The Morgan fingerprint density at radius 2 is 2.12 bits per heavy atom. The van der Waals surface area contributed by atoms with Crippen LogP contribution in [0.3, 0.4) is 0 Å². The topological polar surface area (TPSA) is 82.3 Å². The quantitative estimate of drug-likeness (QED) is 0.741. The largest absolute Gasteiger partial charge is 0.384 e. The van der Waals surface area contributed by atoms with E-state index >= 15 is 0 Å². The summed E-state index contributed by atoms with van der Waals surface area (Å²) in [4.78, 5) is 8.38. The van der Waals surface area contributed by atoms with Gasteiger partial charge in [0.1, 0.15) is 18.2 Å².